The summed E-state index contributed by atoms with van der Waals surface area (Å²) < 4.78 is 0. The van der Waals surface area contributed by atoms with Crippen molar-refractivity contribution < 1.29 is 0 Å². The van der Waals surface area contributed by atoms with Gasteiger partial charge in [-0.15, -0.1) is 0 Å². The second-order valence-corrected chi connectivity index (χ2v) is 17.6. The number of nitrogens with one attached hydrogen (secondary N) is 2. The highest BCUT2D eigenvalue weighted by molar-refractivity contribution is 8.10. The van der Waals surface area contributed by atoms with E-state index in [4.69, 9.17) is 9.97 Å². The zero-order chi connectivity index (χ0) is 42.7. The normalized spacial score (nSPS) is 12.2. The Bertz CT molecular complexity index is 3350. The van der Waals surface area contributed by atoms with Crippen molar-refractivity contribution >= 4 is 74.8 Å². The molecule has 0 spiro atoms. The van der Waals surface area contributed by atoms with Crippen LogP contribution in [0.2, 0.25) is 0 Å². The van der Waals surface area contributed by atoms with Crippen molar-refractivity contribution in [1.82, 2.24) is 19.9 Å². The van der Waals surface area contributed by atoms with E-state index in [1.165, 1.54) is 14.7 Å². The zero-order valence-electron chi connectivity index (χ0n) is 34.7. The minimum Gasteiger partial charge on any atom is -0.354 e. The summed E-state index contributed by atoms with van der Waals surface area (Å²) in [4.78, 5) is 22.2. The van der Waals surface area contributed by atoms with E-state index in [0.29, 0.717) is 0 Å². The molecule has 0 unspecified atom stereocenters. The van der Waals surface area contributed by atoms with E-state index < -0.39 is 0 Å². The number of hydrogen-bond donors (Lipinski definition) is 2. The number of aromatic nitrogens is 4. The lowest BCUT2D eigenvalue weighted by Gasteiger charge is -2.10. The van der Waals surface area contributed by atoms with E-state index in [0.717, 1.165) is 94.9 Å². The fourth-order valence-electron chi connectivity index (χ4n) is 8.42. The van der Waals surface area contributed by atoms with Crippen LogP contribution in [0.3, 0.4) is 0 Å². The summed E-state index contributed by atoms with van der Waals surface area (Å²) in [6.45, 7) is 0. The van der Waals surface area contributed by atoms with Gasteiger partial charge in [-0.3, -0.25) is 0 Å². The Balaban J connectivity index is 1.17. The fourth-order valence-corrected chi connectivity index (χ4v) is 10.3. The van der Waals surface area contributed by atoms with Gasteiger partial charge in [0.2, 0.25) is 0 Å². The molecule has 0 saturated carbocycles. The lowest BCUT2D eigenvalue weighted by atomic mass is 10.0. The van der Waals surface area contributed by atoms with Crippen molar-refractivity contribution in [1.29, 1.82) is 0 Å². The van der Waals surface area contributed by atoms with Gasteiger partial charge in [-0.05, 0) is 106 Å². The first-order valence-electron chi connectivity index (χ1n) is 21.3. The average Bonchev–Trinajstić information content (AvgIpc) is 4.21. The lowest BCUT2D eigenvalue weighted by Crippen LogP contribution is -1.90. The quantitative estimate of drug-likeness (QED) is 0.142. The van der Waals surface area contributed by atoms with Crippen LogP contribution < -0.4 is 0 Å². The van der Waals surface area contributed by atoms with Crippen LogP contribution in [0.1, 0.15) is 28.3 Å². The maximum atomic E-state index is 5.51. The number of H-pyrrole nitrogens is 2. The molecule has 64 heavy (non-hydrogen) atoms. The predicted molar refractivity (Wildman–Crippen MR) is 273 cm³/mol. The van der Waals surface area contributed by atoms with E-state index in [1.54, 1.807) is 23.5 Å². The number of hydrogen-bond acceptors (Lipinski definition) is 4. The van der Waals surface area contributed by atoms with Crippen LogP contribution in [0.4, 0.5) is 0 Å². The van der Waals surface area contributed by atoms with E-state index in [1.807, 2.05) is 0 Å². The first kappa shape index (κ1) is 39.2. The highest BCUT2D eigenvalue weighted by Crippen LogP contribution is 2.41. The third kappa shape index (κ3) is 7.97. The summed E-state index contributed by atoms with van der Waals surface area (Å²) in [5.74, 6) is 0. The first-order chi connectivity index (χ1) is 31.7. The Morgan fingerprint density at radius 2 is 0.672 bits per heavy atom. The molecule has 0 amide bonds. The van der Waals surface area contributed by atoms with Gasteiger partial charge in [0, 0.05) is 59.0 Å². The Morgan fingerprint density at radius 1 is 0.344 bits per heavy atom. The van der Waals surface area contributed by atoms with Crippen LogP contribution in [0.5, 0.6) is 0 Å². The average molecular weight is 857 g/mol. The minimum atomic E-state index is 0.879. The van der Waals surface area contributed by atoms with Crippen molar-refractivity contribution in [3.8, 4) is 44.5 Å². The minimum absolute atomic E-state index is 0.879. The van der Waals surface area contributed by atoms with E-state index in [2.05, 4.69) is 240 Å². The number of fused-ring (bicyclic) bond motifs is 8. The summed E-state index contributed by atoms with van der Waals surface area (Å²) in [5, 5.41) is 2.27. The smallest absolute Gasteiger partial charge is 0.0737 e. The van der Waals surface area contributed by atoms with Crippen LogP contribution in [-0.2, 0) is 0 Å². The number of benzene rings is 6. The third-order valence-electron chi connectivity index (χ3n) is 11.4. The molecule has 6 heteroatoms. The topological polar surface area (TPSA) is 57.4 Å². The van der Waals surface area contributed by atoms with E-state index >= 15 is 0 Å². The molecule has 4 nitrogen and oxygen atoms in total. The Hall–Kier alpha value is -7.64. The Kier molecular flexibility index (Phi) is 10.8. The van der Waals surface area contributed by atoms with Crippen LogP contribution in [0.15, 0.2) is 215 Å². The molecule has 11 rings (SSSR count). The zero-order valence-corrected chi connectivity index (χ0v) is 36.3. The number of thioether (sulfide) groups is 2. The van der Waals surface area contributed by atoms with Crippen LogP contribution in [0, 0.1) is 0 Å². The second kappa shape index (κ2) is 17.6. The molecule has 6 aromatic carbocycles. The molecule has 8 bridgehead atoms. The van der Waals surface area contributed by atoms with Gasteiger partial charge in [0.05, 0.1) is 22.8 Å². The molecule has 2 N–H and O–H groups in total. The van der Waals surface area contributed by atoms with Gasteiger partial charge < -0.3 is 9.97 Å². The summed E-state index contributed by atoms with van der Waals surface area (Å²) in [6, 6.07) is 70.4. The van der Waals surface area contributed by atoms with Gasteiger partial charge in [0.15, 0.2) is 0 Å². The molecular weight excluding hydrogens is 817 g/mol. The van der Waals surface area contributed by atoms with E-state index in [-0.39, 0.29) is 0 Å². The molecule has 0 radical (unpaired) electrons. The van der Waals surface area contributed by atoms with E-state index in [9.17, 15) is 0 Å². The van der Waals surface area contributed by atoms with Crippen molar-refractivity contribution in [2.24, 2.45) is 0 Å². The lowest BCUT2D eigenvalue weighted by molar-refractivity contribution is 1.31. The molecule has 0 atom stereocenters. The van der Waals surface area contributed by atoms with Gasteiger partial charge in [-0.2, -0.15) is 0 Å². The molecule has 2 aliphatic rings. The number of rotatable bonds is 9. The molecule has 5 heterocycles. The van der Waals surface area contributed by atoms with Crippen molar-refractivity contribution in [2.75, 3.05) is 0 Å². The molecule has 0 saturated heterocycles. The van der Waals surface area contributed by atoms with Crippen LogP contribution in [0.25, 0.3) is 95.8 Å². The summed E-state index contributed by atoms with van der Waals surface area (Å²) in [5.41, 5.74) is 17.0. The highest BCUT2D eigenvalue weighted by atomic mass is 32.2. The van der Waals surface area contributed by atoms with Gasteiger partial charge in [0.1, 0.15) is 0 Å². The standard InChI is InChI=1S/C58H40N4S2/c1-6-16-40(17-7-1)55-46-30-32-48(59-46)56(41-18-8-2-9-19-41)50-34-36-52(61-50)58(53-37-35-51(62-53)57(42-20-10-3-11-21-42)49-33-31-47(55)60-49)43-28-26-39(27-29-43)54(64-45-24-14-5-15-25-45)38-63-44-22-12-4-13-23-44/h1-38,59,62H/b54-38-,55-46?,55-47?,56-48?,56-50?,57-49?,57-51?,58-52?,58-53?. The fraction of sp³-hybridized carbons (Fsp3) is 0. The van der Waals surface area contributed by atoms with Gasteiger partial charge >= 0.3 is 0 Å². The largest absolute Gasteiger partial charge is 0.354 e. The molecular formula is C58H40N4S2. The SMILES string of the molecule is C1=Cc2nc1c(-c1ccccc1)c1ccc([nH]1)c(-c1ccccc1)c1nc(c(-c3ccc(/C(=C/Sc4ccccc4)Sc4ccccc4)cc3)c3ccc([nH]3)c2-c2ccccc2)C=C1. The predicted octanol–water partition coefficient (Wildman–Crippen LogP) is 16.2. The van der Waals surface area contributed by atoms with Gasteiger partial charge in [0.25, 0.3) is 0 Å². The van der Waals surface area contributed by atoms with Crippen molar-refractivity contribution in [3.05, 3.63) is 234 Å². The second-order valence-electron chi connectivity index (χ2n) is 15.5. The third-order valence-corrected chi connectivity index (χ3v) is 13.5. The molecule has 0 aliphatic carbocycles. The summed E-state index contributed by atoms with van der Waals surface area (Å²) in [7, 11) is 0. The number of aromatic amines is 2. The highest BCUT2D eigenvalue weighted by Gasteiger charge is 2.19. The van der Waals surface area contributed by atoms with Gasteiger partial charge in [-0.1, -0.05) is 175 Å². The number of nitrogens with zero attached hydrogens (tertiary/aromatic N) is 2. The maximum Gasteiger partial charge on any atom is 0.0737 e. The van der Waals surface area contributed by atoms with Crippen LogP contribution in [-0.4, -0.2) is 19.9 Å². The molecule has 0 fully saturated rings. The van der Waals surface area contributed by atoms with Crippen molar-refractivity contribution in [3.63, 3.8) is 0 Å². The molecule has 2 aliphatic heterocycles. The first-order valence-corrected chi connectivity index (χ1v) is 23.0. The molecule has 9 aromatic rings. The maximum absolute atomic E-state index is 5.51. The molecule has 304 valence electrons. The monoisotopic (exact) mass is 856 g/mol. The summed E-state index contributed by atoms with van der Waals surface area (Å²) in [6.07, 6.45) is 8.60. The summed E-state index contributed by atoms with van der Waals surface area (Å²) >= 11 is 3.51. The Labute approximate surface area is 380 Å². The Morgan fingerprint density at radius 3 is 1.05 bits per heavy atom. The van der Waals surface area contributed by atoms with Gasteiger partial charge in [-0.25, -0.2) is 9.97 Å². The van der Waals surface area contributed by atoms with Crippen LogP contribution >= 0.6 is 23.5 Å². The van der Waals surface area contributed by atoms with Crippen molar-refractivity contribution in [2.45, 2.75) is 9.79 Å². The molecule has 3 aromatic heterocycles.